The van der Waals surface area contributed by atoms with Gasteiger partial charge in [-0.2, -0.15) is 0 Å². The van der Waals surface area contributed by atoms with E-state index in [4.69, 9.17) is 4.74 Å². The second kappa shape index (κ2) is 9.96. The lowest BCUT2D eigenvalue weighted by Gasteiger charge is -2.31. The Morgan fingerprint density at radius 2 is 1.79 bits per heavy atom. The lowest BCUT2D eigenvalue weighted by atomic mass is 9.84. The summed E-state index contributed by atoms with van der Waals surface area (Å²) in [6.45, 7) is 4.80. The standard InChI is InChI=1S/C22H35N5O2/c1-23-21(25-17-22(10-4-5-11-22)20(28)26(2)3)24-16-18-6-8-19(9-7-18)27-12-14-29-15-13-27/h6-9H,4-5,10-17H2,1-3H3,(H2,23,24,25). The van der Waals surface area contributed by atoms with Gasteiger partial charge in [-0.3, -0.25) is 9.79 Å². The molecule has 7 heteroatoms. The van der Waals surface area contributed by atoms with Crippen molar-refractivity contribution >= 4 is 17.6 Å². The van der Waals surface area contributed by atoms with Crippen LogP contribution in [-0.4, -0.2) is 70.8 Å². The van der Waals surface area contributed by atoms with Crippen molar-refractivity contribution in [3.63, 3.8) is 0 Å². The third kappa shape index (κ3) is 5.41. The van der Waals surface area contributed by atoms with Crippen LogP contribution >= 0.6 is 0 Å². The highest BCUT2D eigenvalue weighted by atomic mass is 16.5. The molecular weight excluding hydrogens is 366 g/mol. The molecule has 3 rings (SSSR count). The molecule has 1 aliphatic heterocycles. The highest BCUT2D eigenvalue weighted by Crippen LogP contribution is 2.38. The Labute approximate surface area is 174 Å². The van der Waals surface area contributed by atoms with Gasteiger partial charge in [0.25, 0.3) is 0 Å². The van der Waals surface area contributed by atoms with Gasteiger partial charge in [-0.05, 0) is 30.5 Å². The normalized spacial score (nSPS) is 19.1. The molecule has 1 aliphatic carbocycles. The molecule has 2 fully saturated rings. The molecule has 160 valence electrons. The van der Waals surface area contributed by atoms with Gasteiger partial charge < -0.3 is 25.2 Å². The summed E-state index contributed by atoms with van der Waals surface area (Å²) in [6, 6.07) is 8.64. The molecule has 0 aromatic heterocycles. The molecular formula is C22H35N5O2. The molecule has 0 spiro atoms. The predicted octanol–water partition coefficient (Wildman–Crippen LogP) is 1.84. The number of hydrogen-bond donors (Lipinski definition) is 2. The number of amides is 1. The number of morpholine rings is 1. The van der Waals surface area contributed by atoms with Crippen LogP contribution in [0.5, 0.6) is 0 Å². The lowest BCUT2D eigenvalue weighted by Crippen LogP contribution is -2.49. The Balaban J connectivity index is 1.52. The van der Waals surface area contributed by atoms with Crippen LogP contribution in [0.1, 0.15) is 31.2 Å². The van der Waals surface area contributed by atoms with Crippen molar-refractivity contribution in [1.82, 2.24) is 15.5 Å². The summed E-state index contributed by atoms with van der Waals surface area (Å²) in [5.74, 6) is 0.955. The highest BCUT2D eigenvalue weighted by molar-refractivity contribution is 5.85. The Morgan fingerprint density at radius 3 is 2.38 bits per heavy atom. The first-order valence-electron chi connectivity index (χ1n) is 10.6. The number of carbonyl (C=O) groups excluding carboxylic acids is 1. The average molecular weight is 402 g/mol. The summed E-state index contributed by atoms with van der Waals surface area (Å²) in [5, 5.41) is 6.77. The third-order valence-electron chi connectivity index (χ3n) is 6.01. The van der Waals surface area contributed by atoms with E-state index >= 15 is 0 Å². The third-order valence-corrected chi connectivity index (χ3v) is 6.01. The molecule has 2 aliphatic rings. The van der Waals surface area contributed by atoms with Gasteiger partial charge in [0.15, 0.2) is 5.96 Å². The molecule has 0 radical (unpaired) electrons. The molecule has 7 nitrogen and oxygen atoms in total. The van der Waals surface area contributed by atoms with E-state index in [0.29, 0.717) is 13.1 Å². The summed E-state index contributed by atoms with van der Waals surface area (Å²) in [7, 11) is 5.46. The topological polar surface area (TPSA) is 69.2 Å². The van der Waals surface area contributed by atoms with E-state index < -0.39 is 0 Å². The highest BCUT2D eigenvalue weighted by Gasteiger charge is 2.42. The lowest BCUT2D eigenvalue weighted by molar-refractivity contribution is -0.138. The van der Waals surface area contributed by atoms with Crippen LogP contribution in [0.3, 0.4) is 0 Å². The first-order chi connectivity index (χ1) is 14.0. The van der Waals surface area contributed by atoms with Gasteiger partial charge in [-0.15, -0.1) is 0 Å². The summed E-state index contributed by atoms with van der Waals surface area (Å²) in [4.78, 5) is 21.1. The quantitative estimate of drug-likeness (QED) is 0.562. The largest absolute Gasteiger partial charge is 0.378 e. The summed E-state index contributed by atoms with van der Waals surface area (Å²) in [5.41, 5.74) is 2.14. The second-order valence-electron chi connectivity index (χ2n) is 8.23. The summed E-state index contributed by atoms with van der Waals surface area (Å²) < 4.78 is 5.42. The molecule has 1 aromatic carbocycles. The molecule has 29 heavy (non-hydrogen) atoms. The van der Waals surface area contributed by atoms with Crippen molar-refractivity contribution in [1.29, 1.82) is 0 Å². The molecule has 1 saturated carbocycles. The van der Waals surface area contributed by atoms with Crippen molar-refractivity contribution in [2.24, 2.45) is 10.4 Å². The molecule has 1 saturated heterocycles. The van der Waals surface area contributed by atoms with E-state index in [-0.39, 0.29) is 11.3 Å². The minimum Gasteiger partial charge on any atom is -0.378 e. The molecule has 0 atom stereocenters. The monoisotopic (exact) mass is 401 g/mol. The van der Waals surface area contributed by atoms with Crippen LogP contribution < -0.4 is 15.5 Å². The van der Waals surface area contributed by atoms with Gasteiger partial charge in [-0.1, -0.05) is 25.0 Å². The number of rotatable bonds is 6. The number of anilines is 1. The Morgan fingerprint density at radius 1 is 1.14 bits per heavy atom. The maximum atomic E-state index is 12.7. The summed E-state index contributed by atoms with van der Waals surface area (Å²) in [6.07, 6.45) is 4.11. The predicted molar refractivity (Wildman–Crippen MR) is 117 cm³/mol. The zero-order valence-electron chi connectivity index (χ0n) is 18.0. The maximum Gasteiger partial charge on any atom is 0.230 e. The van der Waals surface area contributed by atoms with Crippen molar-refractivity contribution in [2.75, 3.05) is 58.9 Å². The van der Waals surface area contributed by atoms with E-state index in [0.717, 1.165) is 57.9 Å². The average Bonchev–Trinajstić information content (AvgIpc) is 3.24. The Kier molecular flexibility index (Phi) is 7.36. The van der Waals surface area contributed by atoms with Crippen LogP contribution in [-0.2, 0) is 16.1 Å². The number of carbonyl (C=O) groups is 1. The van der Waals surface area contributed by atoms with Crippen LogP contribution in [0.25, 0.3) is 0 Å². The van der Waals surface area contributed by atoms with Gasteiger partial charge in [0.05, 0.1) is 18.6 Å². The molecule has 0 unspecified atom stereocenters. The smallest absolute Gasteiger partial charge is 0.230 e. The van der Waals surface area contributed by atoms with Crippen LogP contribution in [0.2, 0.25) is 0 Å². The number of nitrogens with one attached hydrogen (secondary N) is 2. The van der Waals surface area contributed by atoms with Crippen molar-refractivity contribution in [2.45, 2.75) is 32.2 Å². The van der Waals surface area contributed by atoms with E-state index in [2.05, 4.69) is 44.8 Å². The Bertz CT molecular complexity index is 690. The first kappa shape index (κ1) is 21.4. The van der Waals surface area contributed by atoms with Gasteiger partial charge in [-0.25, -0.2) is 0 Å². The van der Waals surface area contributed by atoms with Crippen LogP contribution in [0.4, 0.5) is 5.69 Å². The van der Waals surface area contributed by atoms with Crippen LogP contribution in [0.15, 0.2) is 29.3 Å². The van der Waals surface area contributed by atoms with Gasteiger partial charge in [0.2, 0.25) is 5.91 Å². The van der Waals surface area contributed by atoms with Crippen molar-refractivity contribution in [3.8, 4) is 0 Å². The zero-order chi connectivity index (χ0) is 20.7. The summed E-state index contributed by atoms with van der Waals surface area (Å²) >= 11 is 0. The maximum absolute atomic E-state index is 12.7. The molecule has 0 bridgehead atoms. The number of hydrogen-bond acceptors (Lipinski definition) is 4. The minimum absolute atomic E-state index is 0.219. The number of benzene rings is 1. The van der Waals surface area contributed by atoms with E-state index in [1.165, 1.54) is 11.3 Å². The SMILES string of the molecule is CN=C(NCc1ccc(N2CCOCC2)cc1)NCC1(C(=O)N(C)C)CCCC1. The number of nitrogens with zero attached hydrogens (tertiary/aromatic N) is 3. The molecule has 2 N–H and O–H groups in total. The van der Waals surface area contributed by atoms with E-state index in [1.807, 2.05) is 14.1 Å². The molecule has 1 aromatic rings. The molecule has 1 heterocycles. The number of guanidine groups is 1. The Hall–Kier alpha value is -2.28. The fourth-order valence-corrected chi connectivity index (χ4v) is 4.30. The number of ether oxygens (including phenoxy) is 1. The van der Waals surface area contributed by atoms with Gasteiger partial charge in [0.1, 0.15) is 0 Å². The van der Waals surface area contributed by atoms with E-state index in [1.54, 1.807) is 11.9 Å². The first-order valence-corrected chi connectivity index (χ1v) is 10.6. The second-order valence-corrected chi connectivity index (χ2v) is 8.23. The number of aliphatic imine (C=N–C) groups is 1. The fourth-order valence-electron chi connectivity index (χ4n) is 4.30. The van der Waals surface area contributed by atoms with Crippen LogP contribution in [0, 0.1) is 5.41 Å². The molecule has 1 amide bonds. The van der Waals surface area contributed by atoms with Gasteiger partial charge in [0, 0.05) is 53.0 Å². The van der Waals surface area contributed by atoms with Crippen molar-refractivity contribution < 1.29 is 9.53 Å². The van der Waals surface area contributed by atoms with E-state index in [9.17, 15) is 4.79 Å². The minimum atomic E-state index is -0.305. The zero-order valence-corrected chi connectivity index (χ0v) is 18.0. The van der Waals surface area contributed by atoms with Gasteiger partial charge >= 0.3 is 0 Å². The fraction of sp³-hybridized carbons (Fsp3) is 0.636. The van der Waals surface area contributed by atoms with Crippen molar-refractivity contribution in [3.05, 3.63) is 29.8 Å².